The first-order chi connectivity index (χ1) is 18.8. The lowest BCUT2D eigenvalue weighted by molar-refractivity contribution is -0.0506. The Hall–Kier alpha value is -4.05. The largest absolute Gasteiger partial charge is 0.435 e. The minimum atomic E-state index is -3.89. The first-order valence-corrected chi connectivity index (χ1v) is 14.1. The molecule has 0 spiro atoms. The Morgan fingerprint density at radius 3 is 2.44 bits per heavy atom. The maximum atomic E-state index is 13.1. The van der Waals surface area contributed by atoms with E-state index in [1.807, 2.05) is 0 Å². The lowest BCUT2D eigenvalue weighted by atomic mass is 9.89. The highest BCUT2D eigenvalue weighted by Crippen LogP contribution is 2.29. The van der Waals surface area contributed by atoms with Crippen LogP contribution in [0.1, 0.15) is 28.8 Å². The van der Waals surface area contributed by atoms with E-state index in [9.17, 15) is 22.0 Å². The van der Waals surface area contributed by atoms with Gasteiger partial charge in [0.2, 0.25) is 0 Å². The number of carbonyl (C=O) groups excluding carboxylic acids is 1. The molecule has 7 nitrogen and oxygen atoms in total. The molecule has 1 saturated heterocycles. The number of anilines is 1. The summed E-state index contributed by atoms with van der Waals surface area (Å²) in [7, 11) is -3.89. The number of hydrogen-bond acceptors (Lipinski definition) is 5. The summed E-state index contributed by atoms with van der Waals surface area (Å²) >= 11 is 0. The molecule has 1 fully saturated rings. The number of benzene rings is 3. The van der Waals surface area contributed by atoms with Crippen molar-refractivity contribution in [2.24, 2.45) is 5.92 Å². The Kier molecular flexibility index (Phi) is 7.74. The Bertz CT molecular complexity index is 1570. The number of carbonyl (C=O) groups is 1. The molecule has 2 heterocycles. The summed E-state index contributed by atoms with van der Waals surface area (Å²) in [6.07, 6.45) is 3.63. The van der Waals surface area contributed by atoms with E-state index in [-0.39, 0.29) is 22.5 Å². The molecular weight excluding hydrogens is 524 g/mol. The number of fused-ring (bicyclic) bond motifs is 1. The number of likely N-dealkylation sites (tertiary alicyclic amines) is 1. The third kappa shape index (κ3) is 6.17. The summed E-state index contributed by atoms with van der Waals surface area (Å²) in [5.41, 5.74) is 1.91. The molecule has 0 bridgehead atoms. The van der Waals surface area contributed by atoms with Gasteiger partial charge in [0.05, 0.1) is 5.52 Å². The summed E-state index contributed by atoms with van der Waals surface area (Å²) in [6, 6.07) is 21.7. The van der Waals surface area contributed by atoms with Crippen LogP contribution in [0.2, 0.25) is 0 Å². The Balaban J connectivity index is 1.20. The van der Waals surface area contributed by atoms with E-state index in [0.717, 1.165) is 23.8 Å². The van der Waals surface area contributed by atoms with Crippen LogP contribution in [0, 0.1) is 5.92 Å². The molecule has 202 valence electrons. The number of amides is 1. The molecule has 0 unspecified atom stereocenters. The van der Waals surface area contributed by atoms with Gasteiger partial charge < -0.3 is 9.64 Å². The fourth-order valence-electron chi connectivity index (χ4n) is 4.90. The fraction of sp³-hybridized carbons (Fsp3) is 0.241. The van der Waals surface area contributed by atoms with Gasteiger partial charge in [-0.15, -0.1) is 0 Å². The predicted octanol–water partition coefficient (Wildman–Crippen LogP) is 5.73. The van der Waals surface area contributed by atoms with Gasteiger partial charge in [-0.25, -0.2) is 8.42 Å². The van der Waals surface area contributed by atoms with E-state index < -0.39 is 16.6 Å². The van der Waals surface area contributed by atoms with Crippen molar-refractivity contribution in [1.82, 2.24) is 9.88 Å². The van der Waals surface area contributed by atoms with Gasteiger partial charge in [0.1, 0.15) is 10.6 Å². The monoisotopic (exact) mass is 551 g/mol. The average molecular weight is 552 g/mol. The number of sulfonamides is 1. The zero-order chi connectivity index (χ0) is 27.4. The van der Waals surface area contributed by atoms with Crippen LogP contribution in [0.4, 0.5) is 14.5 Å². The van der Waals surface area contributed by atoms with Crippen molar-refractivity contribution in [2.75, 3.05) is 17.8 Å². The minimum Gasteiger partial charge on any atom is -0.435 e. The summed E-state index contributed by atoms with van der Waals surface area (Å²) in [5, 5.41) is 0.718. The summed E-state index contributed by atoms with van der Waals surface area (Å²) < 4.78 is 58.7. The number of hydrogen-bond donors (Lipinski definition) is 1. The molecule has 5 rings (SSSR count). The van der Waals surface area contributed by atoms with Gasteiger partial charge in [0.25, 0.3) is 15.9 Å². The van der Waals surface area contributed by atoms with Gasteiger partial charge in [-0.05, 0) is 73.2 Å². The number of para-hydroxylation sites is 2. The van der Waals surface area contributed by atoms with Crippen molar-refractivity contribution in [3.63, 3.8) is 0 Å². The number of ether oxygens (including phenoxy) is 1. The normalized spacial score (nSPS) is 14.5. The summed E-state index contributed by atoms with van der Waals surface area (Å²) in [6.45, 7) is -1.78. The Labute approximate surface area is 225 Å². The fourth-order valence-corrected chi connectivity index (χ4v) is 6.14. The van der Waals surface area contributed by atoms with E-state index in [0.29, 0.717) is 36.3 Å². The molecule has 4 aromatic rings. The first kappa shape index (κ1) is 26.6. The molecule has 3 aromatic carbocycles. The minimum absolute atomic E-state index is 0.0759. The molecule has 10 heteroatoms. The lowest BCUT2D eigenvalue weighted by Crippen LogP contribution is -2.38. The van der Waals surface area contributed by atoms with Crippen LogP contribution < -0.4 is 9.46 Å². The van der Waals surface area contributed by atoms with Crippen LogP contribution in [-0.4, -0.2) is 43.9 Å². The van der Waals surface area contributed by atoms with Gasteiger partial charge in [0.15, 0.2) is 0 Å². The summed E-state index contributed by atoms with van der Waals surface area (Å²) in [5.74, 6) is 0.304. The molecule has 1 amide bonds. The predicted molar refractivity (Wildman–Crippen MR) is 144 cm³/mol. The number of nitrogens with one attached hydrogen (secondary N) is 1. The second-order valence-electron chi connectivity index (χ2n) is 9.44. The maximum Gasteiger partial charge on any atom is 0.387 e. The highest BCUT2D eigenvalue weighted by Gasteiger charge is 2.25. The van der Waals surface area contributed by atoms with Gasteiger partial charge in [-0.3, -0.25) is 14.5 Å². The molecule has 1 aromatic heterocycles. The molecule has 1 aliphatic rings. The van der Waals surface area contributed by atoms with Crippen LogP contribution in [-0.2, 0) is 16.4 Å². The third-order valence-corrected chi connectivity index (χ3v) is 8.28. The zero-order valence-electron chi connectivity index (χ0n) is 21.0. The maximum absolute atomic E-state index is 13.1. The van der Waals surface area contributed by atoms with Crippen molar-refractivity contribution >= 4 is 32.5 Å². The molecule has 0 atom stereocenters. The number of rotatable bonds is 8. The quantitative estimate of drug-likeness (QED) is 0.302. The number of alkyl halides is 2. The number of pyridine rings is 1. The van der Waals surface area contributed by atoms with Crippen LogP contribution in [0.5, 0.6) is 5.75 Å². The molecule has 1 aliphatic heterocycles. The highest BCUT2D eigenvalue weighted by atomic mass is 32.2. The smallest absolute Gasteiger partial charge is 0.387 e. The van der Waals surface area contributed by atoms with Crippen LogP contribution in [0.25, 0.3) is 10.9 Å². The third-order valence-electron chi connectivity index (χ3n) is 6.87. The number of halogens is 2. The van der Waals surface area contributed by atoms with Crippen molar-refractivity contribution in [3.05, 3.63) is 96.2 Å². The zero-order valence-corrected chi connectivity index (χ0v) is 21.8. The van der Waals surface area contributed by atoms with E-state index in [1.165, 1.54) is 6.07 Å². The topological polar surface area (TPSA) is 88.6 Å². The number of aromatic nitrogens is 1. The van der Waals surface area contributed by atoms with Crippen molar-refractivity contribution < 1.29 is 26.7 Å². The number of nitrogens with zero attached hydrogens (tertiary/aromatic N) is 2. The van der Waals surface area contributed by atoms with Crippen molar-refractivity contribution in [3.8, 4) is 5.75 Å². The Morgan fingerprint density at radius 2 is 1.69 bits per heavy atom. The highest BCUT2D eigenvalue weighted by molar-refractivity contribution is 7.93. The Morgan fingerprint density at radius 1 is 0.974 bits per heavy atom. The number of piperidine rings is 1. The van der Waals surface area contributed by atoms with Gasteiger partial charge in [-0.1, -0.05) is 36.4 Å². The van der Waals surface area contributed by atoms with Crippen molar-refractivity contribution in [1.29, 1.82) is 0 Å². The second-order valence-corrected chi connectivity index (χ2v) is 11.1. The lowest BCUT2D eigenvalue weighted by Gasteiger charge is -2.32. The van der Waals surface area contributed by atoms with Gasteiger partial charge in [0, 0.05) is 35.9 Å². The van der Waals surface area contributed by atoms with Crippen LogP contribution >= 0.6 is 0 Å². The van der Waals surface area contributed by atoms with Crippen molar-refractivity contribution in [2.45, 2.75) is 30.8 Å². The van der Waals surface area contributed by atoms with E-state index in [4.69, 9.17) is 0 Å². The summed E-state index contributed by atoms with van der Waals surface area (Å²) in [4.78, 5) is 19.1. The van der Waals surface area contributed by atoms with Crippen LogP contribution in [0.3, 0.4) is 0 Å². The SMILES string of the molecule is O=C(c1ccc(NS(=O)(=O)c2cccc3cccnc23)cc1)N1CCC(Cc2ccccc2OC(F)F)CC1. The van der Waals surface area contributed by atoms with E-state index >= 15 is 0 Å². The molecule has 39 heavy (non-hydrogen) atoms. The van der Waals surface area contributed by atoms with E-state index in [2.05, 4.69) is 14.4 Å². The average Bonchev–Trinajstić information content (AvgIpc) is 2.94. The second kappa shape index (κ2) is 11.4. The van der Waals surface area contributed by atoms with Gasteiger partial charge in [-0.2, -0.15) is 8.78 Å². The first-order valence-electron chi connectivity index (χ1n) is 12.6. The molecule has 0 aliphatic carbocycles. The molecule has 1 N–H and O–H groups in total. The van der Waals surface area contributed by atoms with Crippen LogP contribution in [0.15, 0.2) is 90.0 Å². The molecule has 0 radical (unpaired) electrons. The standard InChI is InChI=1S/C29H27F2N3O4S/c30-29(31)38-25-8-2-1-5-23(25)19-20-14-17-34(18-15-20)28(35)22-10-12-24(13-11-22)33-39(36,37)26-9-3-6-21-7-4-16-32-27(21)26/h1-13,16,20,29,33H,14-15,17-19H2. The molecular formula is C29H27F2N3O4S. The van der Waals surface area contributed by atoms with E-state index in [1.54, 1.807) is 83.9 Å². The molecule has 0 saturated carbocycles. The van der Waals surface area contributed by atoms with Gasteiger partial charge >= 0.3 is 6.61 Å².